The van der Waals surface area contributed by atoms with Crippen molar-refractivity contribution in [1.82, 2.24) is 15.2 Å². The molecule has 1 saturated heterocycles. The van der Waals surface area contributed by atoms with Crippen LogP contribution in [0.5, 0.6) is 0 Å². The van der Waals surface area contributed by atoms with Gasteiger partial charge in [-0.05, 0) is 24.3 Å². The van der Waals surface area contributed by atoms with E-state index in [1.165, 1.54) is 6.20 Å². The van der Waals surface area contributed by atoms with E-state index in [4.69, 9.17) is 4.78 Å². The molecular formula is C17H18F3N5O2SVW. The van der Waals surface area contributed by atoms with Crippen molar-refractivity contribution in [3.05, 3.63) is 42.6 Å². The number of hydrogen-bond donors (Lipinski definition) is 3. The van der Waals surface area contributed by atoms with Gasteiger partial charge in [0.2, 0.25) is 11.8 Å². The molecule has 2 aromatic rings. The summed E-state index contributed by atoms with van der Waals surface area (Å²) < 4.78 is 43.0. The number of nitrogens with one attached hydrogen (secondary N) is 3. The number of rotatable bonds is 4. The SMILES string of the molecule is CNc1ccc2nccc(C(=O)NCC(=O)N3[CH-]CC(F)(F)C3)c2c1.N=[S-](F)=[W].[V+2]. The van der Waals surface area contributed by atoms with Gasteiger partial charge in [0, 0.05) is 24.3 Å². The molecule has 2 amide bonds. The second-order valence-corrected chi connectivity index (χ2v) is 9.61. The fraction of sp³-hybridized carbons (Fsp3) is 0.294. The Morgan fingerprint density at radius 3 is 2.63 bits per heavy atom. The summed E-state index contributed by atoms with van der Waals surface area (Å²) in [5.41, 5.74) is 1.83. The second kappa shape index (κ2) is 11.8. The summed E-state index contributed by atoms with van der Waals surface area (Å²) >= 11 is 0.704. The Labute approximate surface area is 195 Å². The summed E-state index contributed by atoms with van der Waals surface area (Å²) in [6, 6.07) is 6.96. The third-order valence-corrected chi connectivity index (χ3v) is 4.01. The molecule has 0 atom stereocenters. The van der Waals surface area contributed by atoms with Crippen molar-refractivity contribution in [1.29, 1.82) is 4.78 Å². The van der Waals surface area contributed by atoms with Crippen LogP contribution in [0.4, 0.5) is 18.4 Å². The van der Waals surface area contributed by atoms with E-state index < -0.39 is 39.0 Å². The molecule has 1 aromatic carbocycles. The molecule has 2 heterocycles. The Bertz CT molecular complexity index is 985. The molecule has 1 aliphatic heterocycles. The van der Waals surface area contributed by atoms with Gasteiger partial charge < -0.3 is 15.5 Å². The minimum absolute atomic E-state index is 0. The molecule has 0 saturated carbocycles. The van der Waals surface area contributed by atoms with Crippen LogP contribution in [0, 0.1) is 11.3 Å². The van der Waals surface area contributed by atoms with Crippen molar-refractivity contribution in [3.8, 4) is 0 Å². The number of anilines is 1. The van der Waals surface area contributed by atoms with E-state index in [9.17, 15) is 22.3 Å². The number of halogens is 3. The van der Waals surface area contributed by atoms with Gasteiger partial charge in [-0.3, -0.25) is 14.6 Å². The van der Waals surface area contributed by atoms with Gasteiger partial charge in [0.05, 0.1) is 24.2 Å². The number of pyridine rings is 1. The zero-order valence-electron chi connectivity index (χ0n) is 15.7. The first kappa shape index (κ1) is 26.6. The van der Waals surface area contributed by atoms with Gasteiger partial charge in [0.25, 0.3) is 5.91 Å². The Balaban J connectivity index is 0.000000827. The third kappa shape index (κ3) is 7.68. The molecule has 7 nitrogen and oxygen atoms in total. The number of nitrogens with zero attached hydrogens (tertiary/aromatic N) is 2. The normalized spacial score (nSPS) is 14.5. The Kier molecular flexibility index (Phi) is 10.5. The Morgan fingerprint density at radius 2 is 2.07 bits per heavy atom. The summed E-state index contributed by atoms with van der Waals surface area (Å²) in [5.74, 6) is -3.93. The van der Waals surface area contributed by atoms with Gasteiger partial charge in [-0.2, -0.15) is 0 Å². The van der Waals surface area contributed by atoms with Crippen LogP contribution in [0.25, 0.3) is 10.9 Å². The first-order valence-corrected chi connectivity index (χ1v) is 12.9. The van der Waals surface area contributed by atoms with Crippen LogP contribution in [0.1, 0.15) is 16.8 Å². The summed E-state index contributed by atoms with van der Waals surface area (Å²) in [5, 5.41) is 6.11. The van der Waals surface area contributed by atoms with Gasteiger partial charge >= 0.3 is 53.5 Å². The van der Waals surface area contributed by atoms with E-state index in [1.54, 1.807) is 25.2 Å². The number of benzene rings is 1. The molecule has 30 heavy (non-hydrogen) atoms. The number of fused-ring (bicyclic) bond motifs is 1. The molecular weight excluding hydrogens is 630 g/mol. The van der Waals surface area contributed by atoms with Crippen molar-refractivity contribution in [3.63, 3.8) is 0 Å². The van der Waals surface area contributed by atoms with Crippen molar-refractivity contribution in [2.45, 2.75) is 12.3 Å². The van der Waals surface area contributed by atoms with Gasteiger partial charge in [-0.15, -0.1) is 0 Å². The molecule has 1 radical (unpaired) electrons. The zero-order valence-corrected chi connectivity index (χ0v) is 20.8. The maximum atomic E-state index is 13.1. The number of carbonyl (C=O) groups is 2. The van der Waals surface area contributed by atoms with Crippen LogP contribution >= 0.6 is 0 Å². The van der Waals surface area contributed by atoms with Crippen LogP contribution in [-0.2, 0) is 49.6 Å². The molecule has 0 bridgehead atoms. The van der Waals surface area contributed by atoms with Crippen molar-refractivity contribution < 1.29 is 58.8 Å². The summed E-state index contributed by atoms with van der Waals surface area (Å²) in [7, 11) is 0.234. The molecule has 1 aromatic heterocycles. The molecule has 1 aliphatic rings. The van der Waals surface area contributed by atoms with E-state index in [2.05, 4.69) is 15.6 Å². The summed E-state index contributed by atoms with van der Waals surface area (Å²) in [4.78, 5) is 29.5. The largest absolute Gasteiger partial charge is 2.00 e. The monoisotopic (exact) mass is 648 g/mol. The van der Waals surface area contributed by atoms with Gasteiger partial charge in [0.1, 0.15) is 0 Å². The average Bonchev–Trinajstić information content (AvgIpc) is 3.04. The van der Waals surface area contributed by atoms with Crippen molar-refractivity contribution in [2.24, 2.45) is 0 Å². The number of likely N-dealkylation sites (tertiary alicyclic amines) is 1. The summed E-state index contributed by atoms with van der Waals surface area (Å²) in [6.45, 7) is 0.169. The maximum absolute atomic E-state index is 13.1. The third-order valence-electron chi connectivity index (χ3n) is 4.01. The van der Waals surface area contributed by atoms with Crippen LogP contribution in [0.3, 0.4) is 0 Å². The van der Waals surface area contributed by atoms with Gasteiger partial charge in [-0.1, -0.05) is 6.42 Å². The van der Waals surface area contributed by atoms with Crippen LogP contribution < -0.4 is 10.6 Å². The first-order valence-electron chi connectivity index (χ1n) is 8.27. The molecule has 0 aliphatic carbocycles. The molecule has 1 fully saturated rings. The fourth-order valence-corrected chi connectivity index (χ4v) is 2.66. The number of carbonyl (C=O) groups excluding carboxylic acids is 2. The predicted molar refractivity (Wildman–Crippen MR) is 100 cm³/mol. The molecule has 3 N–H and O–H groups in total. The minimum atomic E-state index is -2.90. The zero-order chi connectivity index (χ0) is 21.6. The first-order chi connectivity index (χ1) is 13.6. The maximum Gasteiger partial charge on any atom is 2.00 e. The standard InChI is InChI=1S/C17H17F2N4O2.FHNS.V.W/c1-20-11-2-3-14-13(8-11)12(4-6-21-14)16(25)22-9-15(24)23-7-5-17(18,19)10-23;1-3-2;;/h2-4,6-8,20H,5,9-10H2,1H3,(H,22,25);2H;;/q-1;+1;+2;-2. The predicted octanol–water partition coefficient (Wildman–Crippen LogP) is 2.75. The minimum Gasteiger partial charge on any atom is 2.00 e. The quantitative estimate of drug-likeness (QED) is 0.351. The number of hydrogen-bond acceptors (Lipinski definition) is 6. The van der Waals surface area contributed by atoms with E-state index in [-0.39, 0.29) is 25.1 Å². The molecule has 13 heteroatoms. The van der Waals surface area contributed by atoms with Crippen LogP contribution in [0.15, 0.2) is 30.5 Å². The molecule has 3 rings (SSSR count). The summed E-state index contributed by atoms with van der Waals surface area (Å²) in [6.07, 6.45) is 1.04. The fourth-order valence-electron chi connectivity index (χ4n) is 2.66. The van der Waals surface area contributed by atoms with E-state index in [0.29, 0.717) is 34.5 Å². The number of aromatic nitrogens is 1. The molecule has 0 spiro atoms. The topological polar surface area (TPSA) is 98.2 Å². The van der Waals surface area contributed by atoms with Crippen molar-refractivity contribution in [2.75, 3.05) is 25.5 Å². The van der Waals surface area contributed by atoms with Gasteiger partial charge in [0.15, 0.2) is 0 Å². The number of amides is 2. The Hall–Kier alpha value is -1.42. The number of alkyl halides is 2. The van der Waals surface area contributed by atoms with Crippen LogP contribution in [0.2, 0.25) is 0 Å². The van der Waals surface area contributed by atoms with E-state index >= 15 is 0 Å². The van der Waals surface area contributed by atoms with Gasteiger partial charge in [-0.25, -0.2) is 15.3 Å². The molecule has 0 unspecified atom stereocenters. The smallest absolute Gasteiger partial charge is 2.00 e. The molecule has 161 valence electrons. The van der Waals surface area contributed by atoms with E-state index in [1.807, 2.05) is 6.07 Å². The van der Waals surface area contributed by atoms with E-state index in [0.717, 1.165) is 17.1 Å². The van der Waals surface area contributed by atoms with Crippen LogP contribution in [-0.4, -0.2) is 47.8 Å². The Morgan fingerprint density at radius 1 is 1.40 bits per heavy atom. The average molecular weight is 648 g/mol. The second-order valence-electron chi connectivity index (χ2n) is 6.01. The van der Waals surface area contributed by atoms with Crippen molar-refractivity contribution >= 4 is 36.7 Å².